The number of ether oxygens (including phenoxy) is 1. The molecule has 0 bridgehead atoms. The second-order valence-corrected chi connectivity index (χ2v) is 7.56. The van der Waals surface area contributed by atoms with Crippen LogP contribution in [0.1, 0.15) is 26.7 Å². The van der Waals surface area contributed by atoms with Crippen molar-refractivity contribution in [3.8, 4) is 0 Å². The molecule has 12 heteroatoms. The minimum Gasteiger partial charge on any atom is -0.394 e. The van der Waals surface area contributed by atoms with Gasteiger partial charge in [0, 0.05) is 5.92 Å². The molecule has 0 spiro atoms. The zero-order valence-electron chi connectivity index (χ0n) is 13.2. The molecule has 24 heavy (non-hydrogen) atoms. The van der Waals surface area contributed by atoms with Crippen molar-refractivity contribution in [2.45, 2.75) is 56.5 Å². The Labute approximate surface area is 144 Å². The van der Waals surface area contributed by atoms with Crippen LogP contribution in [-0.4, -0.2) is 74.9 Å². The Morgan fingerprint density at radius 2 is 1.92 bits per heavy atom. The SMILES string of the molecule is CCC[C@H](C)/C(=N\OS(=O)(=O)O)S[C@H]1O[C@@H](CO)[C@H](O)[C@H](O)[C@H]1O. The number of aliphatic hydroxyl groups excluding tert-OH is 4. The van der Waals surface area contributed by atoms with E-state index in [0.717, 1.165) is 18.2 Å². The van der Waals surface area contributed by atoms with E-state index >= 15 is 0 Å². The summed E-state index contributed by atoms with van der Waals surface area (Å²) in [5.41, 5.74) is -1.12. The van der Waals surface area contributed by atoms with Gasteiger partial charge in [-0.2, -0.15) is 8.42 Å². The summed E-state index contributed by atoms with van der Waals surface area (Å²) in [6.45, 7) is 3.05. The van der Waals surface area contributed by atoms with Gasteiger partial charge in [-0.15, -0.1) is 0 Å². The molecule has 6 atom stereocenters. The average Bonchev–Trinajstić information content (AvgIpc) is 2.50. The van der Waals surface area contributed by atoms with Crippen molar-refractivity contribution in [2.75, 3.05) is 6.61 Å². The van der Waals surface area contributed by atoms with Crippen LogP contribution in [0.15, 0.2) is 5.16 Å². The molecule has 0 amide bonds. The molecule has 1 aliphatic rings. The third-order valence-corrected chi connectivity index (χ3v) is 5.05. The number of thioether (sulfide) groups is 1. The van der Waals surface area contributed by atoms with Crippen LogP contribution in [0.25, 0.3) is 0 Å². The van der Waals surface area contributed by atoms with Gasteiger partial charge in [-0.1, -0.05) is 37.2 Å². The van der Waals surface area contributed by atoms with Gasteiger partial charge in [0.25, 0.3) is 0 Å². The maximum absolute atomic E-state index is 10.7. The van der Waals surface area contributed by atoms with E-state index in [4.69, 9.17) is 14.4 Å². The highest BCUT2D eigenvalue weighted by molar-refractivity contribution is 8.14. The molecular formula is C12H23NO9S2. The fourth-order valence-corrected chi connectivity index (χ4v) is 3.54. The summed E-state index contributed by atoms with van der Waals surface area (Å²) in [6.07, 6.45) is -4.29. The highest BCUT2D eigenvalue weighted by Crippen LogP contribution is 2.32. The van der Waals surface area contributed by atoms with Gasteiger partial charge >= 0.3 is 10.4 Å². The fraction of sp³-hybridized carbons (Fsp3) is 0.917. The first-order valence-corrected chi connectivity index (χ1v) is 9.56. The molecule has 1 rings (SSSR count). The van der Waals surface area contributed by atoms with Gasteiger partial charge in [-0.3, -0.25) is 4.55 Å². The van der Waals surface area contributed by atoms with Crippen LogP contribution in [0.4, 0.5) is 0 Å². The molecule has 0 aromatic heterocycles. The molecule has 0 aromatic carbocycles. The van der Waals surface area contributed by atoms with Crippen molar-refractivity contribution >= 4 is 27.2 Å². The Kier molecular flexibility index (Phi) is 8.35. The number of hydrogen-bond donors (Lipinski definition) is 5. The molecule has 1 heterocycles. The average molecular weight is 389 g/mol. The van der Waals surface area contributed by atoms with E-state index < -0.39 is 46.9 Å². The Morgan fingerprint density at radius 3 is 2.42 bits per heavy atom. The van der Waals surface area contributed by atoms with Crippen LogP contribution in [-0.2, 0) is 19.4 Å². The number of nitrogens with zero attached hydrogens (tertiary/aromatic N) is 1. The topological polar surface area (TPSA) is 166 Å². The second kappa shape index (κ2) is 9.29. The van der Waals surface area contributed by atoms with Gasteiger partial charge in [-0.05, 0) is 6.42 Å². The lowest BCUT2D eigenvalue weighted by Crippen LogP contribution is -2.57. The normalized spacial score (nSPS) is 33.3. The Balaban J connectivity index is 2.95. The van der Waals surface area contributed by atoms with Gasteiger partial charge in [0.2, 0.25) is 0 Å². The van der Waals surface area contributed by atoms with Crippen LogP contribution >= 0.6 is 11.8 Å². The minimum atomic E-state index is -4.79. The van der Waals surface area contributed by atoms with Crippen molar-refractivity contribution in [3.63, 3.8) is 0 Å². The zero-order valence-corrected chi connectivity index (χ0v) is 14.9. The first-order valence-electron chi connectivity index (χ1n) is 7.31. The van der Waals surface area contributed by atoms with Gasteiger partial charge in [0.1, 0.15) is 34.9 Å². The highest BCUT2D eigenvalue weighted by Gasteiger charge is 2.44. The first-order chi connectivity index (χ1) is 11.1. The van der Waals surface area contributed by atoms with Gasteiger partial charge in [-0.25, -0.2) is 4.28 Å². The maximum atomic E-state index is 10.7. The van der Waals surface area contributed by atoms with Crippen molar-refractivity contribution in [2.24, 2.45) is 11.1 Å². The highest BCUT2D eigenvalue weighted by atomic mass is 32.3. The molecule has 10 nitrogen and oxygen atoms in total. The Hall–Kier alpha value is -0.470. The number of aliphatic hydroxyl groups is 4. The molecule has 0 unspecified atom stereocenters. The van der Waals surface area contributed by atoms with Gasteiger partial charge in [0.05, 0.1) is 6.61 Å². The largest absolute Gasteiger partial charge is 0.466 e. The summed E-state index contributed by atoms with van der Waals surface area (Å²) in [7, 11) is -4.79. The van der Waals surface area contributed by atoms with Crippen LogP contribution in [0.3, 0.4) is 0 Å². The summed E-state index contributed by atoms with van der Waals surface area (Å²) >= 11 is 0.782. The summed E-state index contributed by atoms with van der Waals surface area (Å²) in [5.74, 6) is -0.283. The number of rotatable bonds is 7. The second-order valence-electron chi connectivity index (χ2n) is 5.44. The minimum absolute atomic E-state index is 0.110. The smallest absolute Gasteiger partial charge is 0.394 e. The summed E-state index contributed by atoms with van der Waals surface area (Å²) in [5, 5.41) is 42.2. The van der Waals surface area contributed by atoms with E-state index in [0.29, 0.717) is 6.42 Å². The molecular weight excluding hydrogens is 366 g/mol. The molecule has 1 aliphatic heterocycles. The number of hydrogen-bond acceptors (Lipinski definition) is 10. The van der Waals surface area contributed by atoms with E-state index in [1.54, 1.807) is 6.92 Å². The first kappa shape index (κ1) is 21.6. The van der Waals surface area contributed by atoms with E-state index in [9.17, 15) is 23.7 Å². The lowest BCUT2D eigenvalue weighted by atomic mass is 10.0. The third-order valence-electron chi connectivity index (χ3n) is 3.45. The quantitative estimate of drug-likeness (QED) is 0.159. The van der Waals surface area contributed by atoms with E-state index in [-0.39, 0.29) is 11.0 Å². The fourth-order valence-electron chi connectivity index (χ4n) is 2.15. The third kappa shape index (κ3) is 6.11. The molecule has 0 radical (unpaired) electrons. The standard InChI is InChI=1S/C12H23NO9S2/c1-3-4-6(2)11(13-22-24(18,19)20)23-12-10(17)9(16)8(15)7(5-14)21-12/h6-10,12,14-17H,3-5H2,1-2H3,(H,18,19,20)/b13-11+/t6-,7-,8-,9-,10+,12+/m0/s1. The van der Waals surface area contributed by atoms with Crippen LogP contribution < -0.4 is 0 Å². The molecule has 0 aliphatic carbocycles. The molecule has 142 valence electrons. The predicted molar refractivity (Wildman–Crippen MR) is 85.5 cm³/mol. The zero-order chi connectivity index (χ0) is 18.5. The Bertz CT molecular complexity index is 525. The summed E-state index contributed by atoms with van der Waals surface area (Å²) in [4.78, 5) is 0. The summed E-state index contributed by atoms with van der Waals surface area (Å²) in [6, 6.07) is 0. The molecule has 1 saturated heterocycles. The van der Waals surface area contributed by atoms with Crippen molar-refractivity contribution < 1.29 is 42.4 Å². The van der Waals surface area contributed by atoms with Gasteiger partial charge in [0.15, 0.2) is 0 Å². The predicted octanol–water partition coefficient (Wildman–Crippen LogP) is -0.911. The van der Waals surface area contributed by atoms with Crippen LogP contribution in [0.5, 0.6) is 0 Å². The molecule has 0 aromatic rings. The maximum Gasteiger partial charge on any atom is 0.466 e. The summed E-state index contributed by atoms with van der Waals surface area (Å²) < 4.78 is 39.4. The van der Waals surface area contributed by atoms with Crippen molar-refractivity contribution in [1.82, 2.24) is 0 Å². The monoisotopic (exact) mass is 389 g/mol. The lowest BCUT2D eigenvalue weighted by molar-refractivity contribution is -0.205. The van der Waals surface area contributed by atoms with Gasteiger partial charge < -0.3 is 25.2 Å². The van der Waals surface area contributed by atoms with E-state index in [1.165, 1.54) is 0 Å². The van der Waals surface area contributed by atoms with Crippen LogP contribution in [0.2, 0.25) is 0 Å². The van der Waals surface area contributed by atoms with Crippen molar-refractivity contribution in [3.05, 3.63) is 0 Å². The van der Waals surface area contributed by atoms with E-state index in [2.05, 4.69) is 9.44 Å². The number of oxime groups is 1. The van der Waals surface area contributed by atoms with Crippen LogP contribution in [0, 0.1) is 5.92 Å². The molecule has 5 N–H and O–H groups in total. The lowest BCUT2D eigenvalue weighted by Gasteiger charge is -2.39. The molecule has 0 saturated carbocycles. The van der Waals surface area contributed by atoms with E-state index in [1.807, 2.05) is 6.92 Å². The van der Waals surface area contributed by atoms with Crippen molar-refractivity contribution in [1.29, 1.82) is 0 Å². The Morgan fingerprint density at radius 1 is 1.29 bits per heavy atom. The molecule has 1 fully saturated rings.